The van der Waals surface area contributed by atoms with Crippen LogP contribution in [0.4, 0.5) is 15.3 Å². The van der Waals surface area contributed by atoms with E-state index in [1.54, 1.807) is 40.7 Å². The molecular formula is C28H34N2O8. The Balaban J connectivity index is 1.60. The Morgan fingerprint density at radius 2 is 1.63 bits per heavy atom. The first kappa shape index (κ1) is 27.2. The van der Waals surface area contributed by atoms with Crippen molar-refractivity contribution in [2.24, 2.45) is 17.8 Å². The number of nitrogens with one attached hydrogen (secondary N) is 2. The molecule has 0 bridgehead atoms. The van der Waals surface area contributed by atoms with Gasteiger partial charge in [0.2, 0.25) is 0 Å². The largest absolute Gasteiger partial charge is 0.466 e. The van der Waals surface area contributed by atoms with Gasteiger partial charge in [-0.05, 0) is 46.1 Å². The molecule has 0 saturated heterocycles. The summed E-state index contributed by atoms with van der Waals surface area (Å²) in [5.41, 5.74) is -1.88. The molecule has 2 fully saturated rings. The SMILES string of the molecule is CCOC(=O)C1C2C(OC(=O)Nc3cccc4ccccc34)CC(NC(=O)OC(C)(C)C)(C(=O)OCC)C12. The van der Waals surface area contributed by atoms with Crippen molar-refractivity contribution in [3.63, 3.8) is 0 Å². The third-order valence-electron chi connectivity index (χ3n) is 6.80. The van der Waals surface area contributed by atoms with E-state index >= 15 is 0 Å². The highest BCUT2D eigenvalue weighted by Crippen LogP contribution is 2.64. The standard InChI is InChI=1S/C28H34N2O8/c1-6-35-23(31)21-20-19(37-25(33)29-18-14-10-12-16-11-8-9-13-17(16)18)15-28(22(20)21,24(32)36-7-2)30-26(34)38-27(3,4)5/h8-14,19-22H,6-7,15H2,1-5H3,(H,29,33)(H,30,34). The molecule has 204 valence electrons. The summed E-state index contributed by atoms with van der Waals surface area (Å²) in [5, 5.41) is 7.22. The monoisotopic (exact) mass is 526 g/mol. The molecule has 0 aromatic heterocycles. The minimum Gasteiger partial charge on any atom is -0.466 e. The van der Waals surface area contributed by atoms with Gasteiger partial charge in [-0.1, -0.05) is 36.4 Å². The second kappa shape index (κ2) is 10.5. The highest BCUT2D eigenvalue weighted by molar-refractivity contribution is 6.00. The van der Waals surface area contributed by atoms with Crippen molar-refractivity contribution in [2.45, 2.75) is 58.3 Å². The van der Waals surface area contributed by atoms with Crippen LogP contribution in [0.3, 0.4) is 0 Å². The maximum atomic E-state index is 13.3. The Morgan fingerprint density at radius 1 is 0.947 bits per heavy atom. The molecule has 0 spiro atoms. The number of benzene rings is 2. The van der Waals surface area contributed by atoms with Gasteiger partial charge < -0.3 is 24.3 Å². The lowest BCUT2D eigenvalue weighted by atomic mass is 9.89. The molecule has 0 heterocycles. The quantitative estimate of drug-likeness (QED) is 0.401. The first-order valence-corrected chi connectivity index (χ1v) is 12.8. The molecule has 0 aliphatic heterocycles. The smallest absolute Gasteiger partial charge is 0.411 e. The third kappa shape index (κ3) is 5.39. The molecular weight excluding hydrogens is 492 g/mol. The number of anilines is 1. The number of hydrogen-bond donors (Lipinski definition) is 2. The van der Waals surface area contributed by atoms with Crippen LogP contribution in [0.15, 0.2) is 42.5 Å². The van der Waals surface area contributed by atoms with E-state index in [1.807, 2.05) is 36.4 Å². The zero-order chi connectivity index (χ0) is 27.7. The van der Waals surface area contributed by atoms with Crippen molar-refractivity contribution < 1.29 is 38.1 Å². The molecule has 10 heteroatoms. The number of ether oxygens (including phenoxy) is 4. The van der Waals surface area contributed by atoms with Gasteiger partial charge >= 0.3 is 24.1 Å². The first-order chi connectivity index (χ1) is 18.0. The van der Waals surface area contributed by atoms with Gasteiger partial charge in [0.15, 0.2) is 0 Å². The highest BCUT2D eigenvalue weighted by Gasteiger charge is 2.77. The maximum Gasteiger partial charge on any atom is 0.411 e. The summed E-state index contributed by atoms with van der Waals surface area (Å²) in [6.45, 7) is 8.63. The van der Waals surface area contributed by atoms with E-state index in [-0.39, 0.29) is 19.6 Å². The van der Waals surface area contributed by atoms with Crippen molar-refractivity contribution in [3.05, 3.63) is 42.5 Å². The minimum absolute atomic E-state index is 0.0606. The van der Waals surface area contributed by atoms with Crippen LogP contribution >= 0.6 is 0 Å². The number of esters is 2. The van der Waals surface area contributed by atoms with Gasteiger partial charge in [-0.3, -0.25) is 10.1 Å². The number of amides is 2. The zero-order valence-corrected chi connectivity index (χ0v) is 22.2. The van der Waals surface area contributed by atoms with Crippen LogP contribution in [-0.2, 0) is 28.5 Å². The van der Waals surface area contributed by atoms with Gasteiger partial charge in [0.05, 0.1) is 24.8 Å². The summed E-state index contributed by atoms with van der Waals surface area (Å²) in [5.74, 6) is -3.20. The molecule has 2 saturated carbocycles. The number of carbonyl (C=O) groups is 4. The van der Waals surface area contributed by atoms with Gasteiger partial charge in [-0.25, -0.2) is 14.4 Å². The normalized spacial score (nSPS) is 25.6. The van der Waals surface area contributed by atoms with E-state index in [0.717, 1.165) is 10.8 Å². The zero-order valence-electron chi connectivity index (χ0n) is 22.2. The van der Waals surface area contributed by atoms with Crippen molar-refractivity contribution in [3.8, 4) is 0 Å². The third-order valence-corrected chi connectivity index (χ3v) is 6.80. The second-order valence-corrected chi connectivity index (χ2v) is 10.5. The summed E-state index contributed by atoms with van der Waals surface area (Å²) < 4.78 is 21.7. The highest BCUT2D eigenvalue weighted by atomic mass is 16.6. The number of carbonyl (C=O) groups excluding carboxylic acids is 4. The van der Waals surface area contributed by atoms with Crippen LogP contribution in [-0.4, -0.2) is 54.6 Å². The maximum absolute atomic E-state index is 13.3. The molecule has 2 aromatic rings. The van der Waals surface area contributed by atoms with Crippen molar-refractivity contribution in [2.75, 3.05) is 18.5 Å². The van der Waals surface area contributed by atoms with Crippen LogP contribution in [0, 0.1) is 17.8 Å². The number of alkyl carbamates (subject to hydrolysis) is 1. The number of rotatable bonds is 7. The average molecular weight is 527 g/mol. The molecule has 2 aliphatic rings. The Bertz CT molecular complexity index is 1230. The summed E-state index contributed by atoms with van der Waals surface area (Å²) in [4.78, 5) is 51.9. The molecule has 2 aliphatic carbocycles. The van der Waals surface area contributed by atoms with Crippen molar-refractivity contribution in [1.29, 1.82) is 0 Å². The molecule has 2 amide bonds. The lowest BCUT2D eigenvalue weighted by Crippen LogP contribution is -2.58. The van der Waals surface area contributed by atoms with Gasteiger partial charge in [0.1, 0.15) is 17.2 Å². The Hall–Kier alpha value is -3.82. The first-order valence-electron chi connectivity index (χ1n) is 12.8. The fourth-order valence-corrected chi connectivity index (χ4v) is 5.45. The molecule has 2 N–H and O–H groups in total. The molecule has 4 rings (SSSR count). The van der Waals surface area contributed by atoms with Crippen molar-refractivity contribution >= 4 is 40.6 Å². The molecule has 0 radical (unpaired) electrons. The Kier molecular flexibility index (Phi) is 7.53. The van der Waals surface area contributed by atoms with E-state index in [1.165, 1.54) is 0 Å². The Labute approximate surface area is 221 Å². The van der Waals surface area contributed by atoms with Gasteiger partial charge in [-0.15, -0.1) is 0 Å². The Morgan fingerprint density at radius 3 is 2.32 bits per heavy atom. The predicted octanol–water partition coefficient (Wildman–Crippen LogP) is 4.41. The summed E-state index contributed by atoms with van der Waals surface area (Å²) in [6, 6.07) is 13.1. The van der Waals surface area contributed by atoms with E-state index in [2.05, 4.69) is 10.6 Å². The predicted molar refractivity (Wildman–Crippen MR) is 138 cm³/mol. The summed E-state index contributed by atoms with van der Waals surface area (Å²) in [6.07, 6.45) is -2.50. The molecule has 5 unspecified atom stereocenters. The summed E-state index contributed by atoms with van der Waals surface area (Å²) >= 11 is 0. The van der Waals surface area contributed by atoms with Gasteiger partial charge in [-0.2, -0.15) is 0 Å². The average Bonchev–Trinajstić information content (AvgIpc) is 3.52. The molecule has 2 aromatic carbocycles. The summed E-state index contributed by atoms with van der Waals surface area (Å²) in [7, 11) is 0. The van der Waals surface area contributed by atoms with Gasteiger partial charge in [0.25, 0.3) is 0 Å². The van der Waals surface area contributed by atoms with Crippen LogP contribution in [0.5, 0.6) is 0 Å². The fourth-order valence-electron chi connectivity index (χ4n) is 5.45. The van der Waals surface area contributed by atoms with Crippen LogP contribution in [0.2, 0.25) is 0 Å². The second-order valence-electron chi connectivity index (χ2n) is 10.5. The van der Waals surface area contributed by atoms with Crippen LogP contribution in [0.1, 0.15) is 41.0 Å². The van der Waals surface area contributed by atoms with Crippen LogP contribution in [0.25, 0.3) is 10.8 Å². The van der Waals surface area contributed by atoms with E-state index in [4.69, 9.17) is 18.9 Å². The molecule has 10 nitrogen and oxygen atoms in total. The van der Waals surface area contributed by atoms with Gasteiger partial charge in [0, 0.05) is 23.6 Å². The van der Waals surface area contributed by atoms with Crippen LogP contribution < -0.4 is 10.6 Å². The lowest BCUT2D eigenvalue weighted by molar-refractivity contribution is -0.154. The molecule has 5 atom stereocenters. The topological polar surface area (TPSA) is 129 Å². The lowest BCUT2D eigenvalue weighted by Gasteiger charge is -2.33. The molecule has 38 heavy (non-hydrogen) atoms. The van der Waals surface area contributed by atoms with E-state index in [0.29, 0.717) is 5.69 Å². The number of hydrogen-bond acceptors (Lipinski definition) is 8. The minimum atomic E-state index is -1.62. The van der Waals surface area contributed by atoms with E-state index in [9.17, 15) is 19.2 Å². The van der Waals surface area contributed by atoms with Crippen molar-refractivity contribution in [1.82, 2.24) is 5.32 Å². The fraction of sp³-hybridized carbons (Fsp3) is 0.500. The number of fused-ring (bicyclic) bond motifs is 2. The van der Waals surface area contributed by atoms with E-state index < -0.39 is 59.1 Å².